The molecule has 0 aliphatic carbocycles. The molecule has 2 aromatic heterocycles. The third-order valence-electron chi connectivity index (χ3n) is 3.80. The van der Waals surface area contributed by atoms with Gasteiger partial charge in [0, 0.05) is 31.9 Å². The Bertz CT molecular complexity index is 735. The fraction of sp³-hybridized carbons (Fsp3) is 0.588. The fourth-order valence-electron chi connectivity index (χ4n) is 2.65. The van der Waals surface area contributed by atoms with Crippen molar-refractivity contribution in [1.29, 1.82) is 0 Å². The summed E-state index contributed by atoms with van der Waals surface area (Å²) in [6.07, 6.45) is 0.573. The summed E-state index contributed by atoms with van der Waals surface area (Å²) in [5.41, 5.74) is 1.73. The van der Waals surface area contributed by atoms with Gasteiger partial charge in [-0.25, -0.2) is 9.78 Å². The minimum Gasteiger partial charge on any atom is -0.444 e. The molecule has 1 amide bonds. The van der Waals surface area contributed by atoms with E-state index in [1.54, 1.807) is 4.90 Å². The lowest BCUT2D eigenvalue weighted by molar-refractivity contribution is 0.0263. The van der Waals surface area contributed by atoms with Crippen molar-refractivity contribution in [2.24, 2.45) is 0 Å². The van der Waals surface area contributed by atoms with Gasteiger partial charge in [-0.05, 0) is 46.2 Å². The van der Waals surface area contributed by atoms with E-state index in [1.807, 2.05) is 39.8 Å². The standard InChI is InChI=1S/C17H24N4O3/c1-12-6-7-13-14(18-12)23-15(19-13)20-8-5-9-21(11-10-20)16(22)24-17(2,3)4/h6-7H,5,8-11H2,1-4H3. The fourth-order valence-corrected chi connectivity index (χ4v) is 2.65. The smallest absolute Gasteiger partial charge is 0.410 e. The monoisotopic (exact) mass is 332 g/mol. The molecule has 3 heterocycles. The van der Waals surface area contributed by atoms with Crippen molar-refractivity contribution in [3.63, 3.8) is 0 Å². The Morgan fingerprint density at radius 1 is 1.17 bits per heavy atom. The lowest BCUT2D eigenvalue weighted by Crippen LogP contribution is -2.39. The average molecular weight is 332 g/mol. The highest BCUT2D eigenvalue weighted by molar-refractivity contribution is 5.70. The SMILES string of the molecule is Cc1ccc2nc(N3CCCN(C(=O)OC(C)(C)C)CC3)oc2n1. The van der Waals surface area contributed by atoms with Crippen molar-refractivity contribution >= 4 is 23.3 Å². The van der Waals surface area contributed by atoms with Crippen molar-refractivity contribution in [2.45, 2.75) is 39.7 Å². The lowest BCUT2D eigenvalue weighted by Gasteiger charge is -2.26. The van der Waals surface area contributed by atoms with E-state index in [1.165, 1.54) is 0 Å². The van der Waals surface area contributed by atoms with E-state index in [-0.39, 0.29) is 6.09 Å². The van der Waals surface area contributed by atoms with Gasteiger partial charge in [0.2, 0.25) is 5.71 Å². The van der Waals surface area contributed by atoms with Gasteiger partial charge >= 0.3 is 6.09 Å². The summed E-state index contributed by atoms with van der Waals surface area (Å²) in [7, 11) is 0. The largest absolute Gasteiger partial charge is 0.444 e. The number of rotatable bonds is 1. The number of fused-ring (bicyclic) bond motifs is 1. The summed E-state index contributed by atoms with van der Waals surface area (Å²) in [5, 5.41) is 0. The molecular weight excluding hydrogens is 308 g/mol. The molecule has 7 heteroatoms. The van der Waals surface area contributed by atoms with E-state index in [2.05, 4.69) is 14.9 Å². The van der Waals surface area contributed by atoms with Crippen LogP contribution < -0.4 is 4.90 Å². The molecule has 1 fully saturated rings. The van der Waals surface area contributed by atoms with E-state index in [0.29, 0.717) is 31.4 Å². The number of aryl methyl sites for hydroxylation is 1. The summed E-state index contributed by atoms with van der Waals surface area (Å²) in [5.74, 6) is 0. The van der Waals surface area contributed by atoms with Crippen molar-refractivity contribution in [3.8, 4) is 0 Å². The highest BCUT2D eigenvalue weighted by Crippen LogP contribution is 2.22. The first-order valence-electron chi connectivity index (χ1n) is 8.29. The Morgan fingerprint density at radius 3 is 2.71 bits per heavy atom. The van der Waals surface area contributed by atoms with E-state index in [4.69, 9.17) is 9.15 Å². The zero-order chi connectivity index (χ0) is 17.3. The normalized spacial score (nSPS) is 16.3. The summed E-state index contributed by atoms with van der Waals surface area (Å²) in [6.45, 7) is 10.2. The first kappa shape index (κ1) is 16.5. The number of amides is 1. The Hall–Kier alpha value is -2.31. The van der Waals surface area contributed by atoms with Gasteiger partial charge in [-0.3, -0.25) is 0 Å². The summed E-state index contributed by atoms with van der Waals surface area (Å²) < 4.78 is 11.2. The molecule has 0 atom stereocenters. The van der Waals surface area contributed by atoms with Gasteiger partial charge in [-0.2, -0.15) is 4.98 Å². The van der Waals surface area contributed by atoms with Crippen LogP contribution in [0.25, 0.3) is 11.2 Å². The predicted molar refractivity (Wildman–Crippen MR) is 91.2 cm³/mol. The molecule has 7 nitrogen and oxygen atoms in total. The van der Waals surface area contributed by atoms with Crippen LogP contribution >= 0.6 is 0 Å². The number of hydrogen-bond donors (Lipinski definition) is 0. The molecule has 1 aliphatic heterocycles. The predicted octanol–water partition coefficient (Wildman–Crippen LogP) is 2.98. The number of pyridine rings is 1. The molecule has 3 rings (SSSR count). The average Bonchev–Trinajstić information content (AvgIpc) is 2.73. The second-order valence-electron chi connectivity index (χ2n) is 7.08. The van der Waals surface area contributed by atoms with Crippen LogP contribution in [-0.2, 0) is 4.74 Å². The maximum Gasteiger partial charge on any atom is 0.410 e. The number of anilines is 1. The van der Waals surface area contributed by atoms with Crippen LogP contribution in [0, 0.1) is 6.92 Å². The quantitative estimate of drug-likeness (QED) is 0.799. The van der Waals surface area contributed by atoms with Crippen LogP contribution in [0.1, 0.15) is 32.9 Å². The zero-order valence-corrected chi connectivity index (χ0v) is 14.7. The summed E-state index contributed by atoms with van der Waals surface area (Å²) in [4.78, 5) is 24.9. The van der Waals surface area contributed by atoms with Crippen molar-refractivity contribution in [1.82, 2.24) is 14.9 Å². The molecule has 1 saturated heterocycles. The summed E-state index contributed by atoms with van der Waals surface area (Å²) in [6, 6.07) is 4.39. The highest BCUT2D eigenvalue weighted by Gasteiger charge is 2.26. The number of hydrogen-bond acceptors (Lipinski definition) is 6. The molecule has 0 saturated carbocycles. The third-order valence-corrected chi connectivity index (χ3v) is 3.80. The van der Waals surface area contributed by atoms with Crippen LogP contribution in [0.3, 0.4) is 0 Å². The molecular formula is C17H24N4O3. The number of ether oxygens (including phenoxy) is 1. The second kappa shape index (κ2) is 6.30. The van der Waals surface area contributed by atoms with Gasteiger partial charge in [0.15, 0.2) is 0 Å². The van der Waals surface area contributed by atoms with Crippen molar-refractivity contribution in [2.75, 3.05) is 31.1 Å². The number of oxazole rings is 1. The van der Waals surface area contributed by atoms with Gasteiger partial charge in [-0.1, -0.05) is 0 Å². The Morgan fingerprint density at radius 2 is 1.96 bits per heavy atom. The maximum atomic E-state index is 12.2. The van der Waals surface area contributed by atoms with Gasteiger partial charge in [0.05, 0.1) is 0 Å². The molecule has 0 unspecified atom stereocenters. The molecule has 0 aromatic carbocycles. The van der Waals surface area contributed by atoms with E-state index in [0.717, 1.165) is 24.2 Å². The molecule has 24 heavy (non-hydrogen) atoms. The number of nitrogens with zero attached hydrogens (tertiary/aromatic N) is 4. The van der Waals surface area contributed by atoms with Crippen molar-refractivity contribution in [3.05, 3.63) is 17.8 Å². The Labute approximate surface area is 141 Å². The summed E-state index contributed by atoms with van der Waals surface area (Å²) >= 11 is 0. The molecule has 0 N–H and O–H groups in total. The molecule has 130 valence electrons. The molecule has 2 aromatic rings. The molecule has 0 bridgehead atoms. The second-order valence-corrected chi connectivity index (χ2v) is 7.08. The van der Waals surface area contributed by atoms with Gasteiger partial charge in [0.25, 0.3) is 6.01 Å². The van der Waals surface area contributed by atoms with Crippen LogP contribution in [0.5, 0.6) is 0 Å². The van der Waals surface area contributed by atoms with E-state index < -0.39 is 5.60 Å². The first-order valence-corrected chi connectivity index (χ1v) is 8.29. The van der Waals surface area contributed by atoms with Gasteiger partial charge in [-0.15, -0.1) is 0 Å². The Kier molecular flexibility index (Phi) is 4.34. The zero-order valence-electron chi connectivity index (χ0n) is 14.7. The minimum absolute atomic E-state index is 0.265. The molecule has 1 aliphatic rings. The van der Waals surface area contributed by atoms with Gasteiger partial charge < -0.3 is 19.0 Å². The number of carbonyl (C=O) groups excluding carboxylic acids is 1. The van der Waals surface area contributed by atoms with Crippen LogP contribution in [0.2, 0.25) is 0 Å². The Balaban J connectivity index is 1.69. The molecule has 0 spiro atoms. The topological polar surface area (TPSA) is 71.7 Å². The highest BCUT2D eigenvalue weighted by atomic mass is 16.6. The third kappa shape index (κ3) is 3.77. The van der Waals surface area contributed by atoms with Crippen LogP contribution in [-0.4, -0.2) is 52.7 Å². The van der Waals surface area contributed by atoms with Gasteiger partial charge in [0.1, 0.15) is 11.1 Å². The lowest BCUT2D eigenvalue weighted by atomic mass is 10.2. The minimum atomic E-state index is -0.479. The number of carbonyl (C=O) groups is 1. The van der Waals surface area contributed by atoms with Crippen molar-refractivity contribution < 1.29 is 13.9 Å². The maximum absolute atomic E-state index is 12.2. The molecule has 0 radical (unpaired) electrons. The van der Waals surface area contributed by atoms with Crippen LogP contribution in [0.4, 0.5) is 10.8 Å². The van der Waals surface area contributed by atoms with E-state index >= 15 is 0 Å². The van der Waals surface area contributed by atoms with Crippen LogP contribution in [0.15, 0.2) is 16.5 Å². The first-order chi connectivity index (χ1) is 11.3. The number of aromatic nitrogens is 2. The van der Waals surface area contributed by atoms with E-state index in [9.17, 15) is 4.79 Å².